The number of rotatable bonds is 12. The smallest absolute Gasteiger partial charge is 0.346 e. The molecule has 3 atom stereocenters. The molecule has 0 spiro atoms. The number of amides is 2. The highest BCUT2D eigenvalue weighted by molar-refractivity contribution is 8.14. The third-order valence-corrected chi connectivity index (χ3v) is 6.56. The third-order valence-electron chi connectivity index (χ3n) is 5.46. The molecular weight excluding hydrogens is 452 g/mol. The van der Waals surface area contributed by atoms with Gasteiger partial charge in [0.1, 0.15) is 5.78 Å². The van der Waals surface area contributed by atoms with Crippen LogP contribution in [-0.2, 0) is 23.9 Å². The van der Waals surface area contributed by atoms with Gasteiger partial charge in [0.05, 0.1) is 17.0 Å². The summed E-state index contributed by atoms with van der Waals surface area (Å²) in [4.78, 5) is 64.7. The zero-order valence-corrected chi connectivity index (χ0v) is 19.7. The highest BCUT2D eigenvalue weighted by Crippen LogP contribution is 2.39. The van der Waals surface area contributed by atoms with E-state index in [1.54, 1.807) is 6.92 Å². The number of carboxylic acids is 1. The number of Topliss-reactive ketones (excluding diaryl/α,β-unsaturated/α-hetero) is 1. The number of fused-ring (bicyclic) bond motifs is 1. The second-order valence-corrected chi connectivity index (χ2v) is 9.02. The first-order valence-corrected chi connectivity index (χ1v) is 11.2. The van der Waals surface area contributed by atoms with Crippen molar-refractivity contribution in [2.45, 2.75) is 50.3 Å². The third kappa shape index (κ3) is 5.16. The lowest BCUT2D eigenvalue weighted by Crippen LogP contribution is -2.71. The van der Waals surface area contributed by atoms with Crippen molar-refractivity contribution in [3.8, 4) is 0 Å². The van der Waals surface area contributed by atoms with Crippen molar-refractivity contribution in [1.82, 2.24) is 4.90 Å². The molecule has 1 aliphatic rings. The van der Waals surface area contributed by atoms with Crippen LogP contribution in [0, 0.1) is 5.92 Å². The fraction of sp³-hybridized carbons (Fsp3) is 0.500. The number of aliphatic carboxylic acids is 1. The van der Waals surface area contributed by atoms with E-state index in [2.05, 4.69) is 0 Å². The van der Waals surface area contributed by atoms with Crippen LogP contribution in [0.25, 0.3) is 0 Å². The predicted molar refractivity (Wildman–Crippen MR) is 119 cm³/mol. The molecule has 180 valence electrons. The number of ether oxygens (including phenoxy) is 2. The molecule has 1 aliphatic heterocycles. The minimum Gasteiger partial charge on any atom is -0.478 e. The zero-order chi connectivity index (χ0) is 24.9. The monoisotopic (exact) mass is 480 g/mol. The Hall–Kier alpha value is -2.60. The molecule has 0 radical (unpaired) electrons. The molecular formula is C22H28N2O8S. The van der Waals surface area contributed by atoms with Crippen molar-refractivity contribution in [3.05, 3.63) is 35.4 Å². The lowest BCUT2D eigenvalue weighted by atomic mass is 9.81. The zero-order valence-electron chi connectivity index (χ0n) is 18.9. The molecule has 33 heavy (non-hydrogen) atoms. The maximum atomic E-state index is 13.3. The van der Waals surface area contributed by atoms with E-state index in [0.29, 0.717) is 23.1 Å². The molecule has 0 aromatic heterocycles. The normalized spacial score (nSPS) is 17.0. The van der Waals surface area contributed by atoms with Gasteiger partial charge in [-0.2, -0.15) is 0 Å². The summed E-state index contributed by atoms with van der Waals surface area (Å²) in [5.74, 6) is -5.79. The summed E-state index contributed by atoms with van der Waals surface area (Å²) in [6.07, 6.45) is -0.686. The number of nitrogens with zero attached hydrogens (tertiary/aromatic N) is 1. The highest BCUT2D eigenvalue weighted by Gasteiger charge is 2.60. The molecule has 1 heterocycles. The molecule has 0 fully saturated rings. The predicted octanol–water partition coefficient (Wildman–Crippen LogP) is 1.66. The first-order chi connectivity index (χ1) is 15.5. The number of nitrogens with two attached hydrogens (primary N) is 1. The fourth-order valence-corrected chi connectivity index (χ4v) is 5.15. The summed E-state index contributed by atoms with van der Waals surface area (Å²) >= 11 is 0.698. The summed E-state index contributed by atoms with van der Waals surface area (Å²) in [6, 6.07) is 5.83. The average molecular weight is 481 g/mol. The molecule has 2 amide bonds. The summed E-state index contributed by atoms with van der Waals surface area (Å²) in [6.45, 7) is 2.98. The van der Waals surface area contributed by atoms with Gasteiger partial charge in [-0.15, -0.1) is 0 Å². The molecule has 10 nitrogen and oxygen atoms in total. The van der Waals surface area contributed by atoms with E-state index >= 15 is 0 Å². The number of benzene rings is 1. The second kappa shape index (κ2) is 11.0. The number of imide groups is 1. The molecule has 0 bridgehead atoms. The molecule has 0 saturated heterocycles. The van der Waals surface area contributed by atoms with Gasteiger partial charge in [0, 0.05) is 39.2 Å². The van der Waals surface area contributed by atoms with Crippen molar-refractivity contribution in [2.75, 3.05) is 14.2 Å². The summed E-state index contributed by atoms with van der Waals surface area (Å²) in [5.41, 5.74) is 3.60. The number of hydrogen-bond acceptors (Lipinski definition) is 9. The van der Waals surface area contributed by atoms with Crippen LogP contribution in [0.5, 0.6) is 0 Å². The van der Waals surface area contributed by atoms with Crippen LogP contribution in [0.4, 0.5) is 0 Å². The summed E-state index contributed by atoms with van der Waals surface area (Å²) < 4.78 is 10.4. The first-order valence-electron chi connectivity index (χ1n) is 10.3. The Morgan fingerprint density at radius 3 is 2.03 bits per heavy atom. The molecule has 3 N–H and O–H groups in total. The van der Waals surface area contributed by atoms with E-state index in [-0.39, 0.29) is 24.0 Å². The van der Waals surface area contributed by atoms with E-state index in [9.17, 15) is 29.1 Å². The first kappa shape index (κ1) is 26.7. The van der Waals surface area contributed by atoms with Gasteiger partial charge < -0.3 is 14.6 Å². The molecule has 1 aromatic rings. The highest BCUT2D eigenvalue weighted by atomic mass is 32.2. The molecule has 0 aliphatic carbocycles. The number of hydrogen-bond donors (Lipinski definition) is 2. The number of ketones is 1. The number of carbonyl (C=O) groups is 5. The number of carbonyl (C=O) groups excluding carboxylic acids is 4. The van der Waals surface area contributed by atoms with Gasteiger partial charge in [0.15, 0.2) is 11.4 Å². The summed E-state index contributed by atoms with van der Waals surface area (Å²) in [5, 5.41) is 8.78. The van der Waals surface area contributed by atoms with E-state index < -0.39 is 51.8 Å². The van der Waals surface area contributed by atoms with Crippen LogP contribution in [0.1, 0.15) is 53.8 Å². The molecule has 3 unspecified atom stereocenters. The van der Waals surface area contributed by atoms with Crippen molar-refractivity contribution in [1.29, 1.82) is 0 Å². The van der Waals surface area contributed by atoms with Gasteiger partial charge in [-0.1, -0.05) is 30.8 Å². The average Bonchev–Trinajstić information content (AvgIpc) is 3.02. The van der Waals surface area contributed by atoms with E-state index in [0.717, 1.165) is 0 Å². The van der Waals surface area contributed by atoms with Crippen molar-refractivity contribution in [2.24, 2.45) is 11.7 Å². The maximum Gasteiger partial charge on any atom is 0.346 e. The minimum atomic E-state index is -2.75. The quantitative estimate of drug-likeness (QED) is 0.333. The largest absolute Gasteiger partial charge is 0.478 e. The van der Waals surface area contributed by atoms with E-state index in [1.807, 2.05) is 0 Å². The Labute approximate surface area is 195 Å². The van der Waals surface area contributed by atoms with Crippen molar-refractivity contribution >= 4 is 40.4 Å². The van der Waals surface area contributed by atoms with Crippen molar-refractivity contribution < 1.29 is 38.6 Å². The maximum absolute atomic E-state index is 13.3. The van der Waals surface area contributed by atoms with Crippen LogP contribution in [0.2, 0.25) is 0 Å². The standard InChI is InChI=1S/C22H28N2O8S/c1-5-8-15(26)18(16(33-12(2)25)11-17(31-3)32-4)22(23,21(29)30)24-19(27)13-9-6-7-10-14(13)20(24)28/h6-7,9-10,16-18H,5,8,11,23H2,1-4H3,(H,29,30). The second-order valence-electron chi connectivity index (χ2n) is 7.60. The van der Waals surface area contributed by atoms with Crippen LogP contribution >= 0.6 is 11.8 Å². The van der Waals surface area contributed by atoms with Gasteiger partial charge >= 0.3 is 5.97 Å². The van der Waals surface area contributed by atoms with Crippen LogP contribution in [0.15, 0.2) is 24.3 Å². The van der Waals surface area contributed by atoms with E-state index in [1.165, 1.54) is 45.4 Å². The number of carboxylic acid groups (broad SMARTS) is 1. The van der Waals surface area contributed by atoms with Crippen LogP contribution in [-0.4, -0.2) is 70.1 Å². The SMILES string of the molecule is CCCC(=O)C(C(CC(OC)OC)SC(C)=O)C(N)(C(=O)O)N1C(=O)c2ccccc2C1=O. The Morgan fingerprint density at radius 1 is 1.12 bits per heavy atom. The van der Waals surface area contributed by atoms with Gasteiger partial charge in [-0.25, -0.2) is 9.69 Å². The number of thioether (sulfide) groups is 1. The fourth-order valence-electron chi connectivity index (χ4n) is 3.97. The van der Waals surface area contributed by atoms with E-state index in [4.69, 9.17) is 15.2 Å². The van der Waals surface area contributed by atoms with Crippen LogP contribution in [0.3, 0.4) is 0 Å². The molecule has 2 rings (SSSR count). The minimum absolute atomic E-state index is 0.0114. The molecule has 11 heteroatoms. The van der Waals surface area contributed by atoms with Crippen LogP contribution < -0.4 is 5.73 Å². The number of methoxy groups -OCH3 is 2. The lowest BCUT2D eigenvalue weighted by molar-refractivity contribution is -0.156. The lowest BCUT2D eigenvalue weighted by Gasteiger charge is -2.42. The Kier molecular flexibility index (Phi) is 8.89. The molecule has 1 aromatic carbocycles. The molecule has 0 saturated carbocycles. The Balaban J connectivity index is 2.70. The van der Waals surface area contributed by atoms with Gasteiger partial charge in [0.2, 0.25) is 5.66 Å². The van der Waals surface area contributed by atoms with Gasteiger partial charge in [-0.3, -0.25) is 24.9 Å². The Morgan fingerprint density at radius 2 is 1.64 bits per heavy atom. The Bertz CT molecular complexity index is 913. The van der Waals surface area contributed by atoms with Gasteiger partial charge in [0.25, 0.3) is 11.8 Å². The summed E-state index contributed by atoms with van der Waals surface area (Å²) in [7, 11) is 2.70. The topological polar surface area (TPSA) is 153 Å². The van der Waals surface area contributed by atoms with Gasteiger partial charge in [-0.05, 0) is 18.6 Å². The van der Waals surface area contributed by atoms with Crippen molar-refractivity contribution in [3.63, 3.8) is 0 Å².